The van der Waals surface area contributed by atoms with E-state index in [4.69, 9.17) is 4.74 Å². The number of aromatic nitrogens is 1. The fourth-order valence-corrected chi connectivity index (χ4v) is 4.35. The predicted molar refractivity (Wildman–Crippen MR) is 120 cm³/mol. The lowest BCUT2D eigenvalue weighted by Gasteiger charge is -2.24. The van der Waals surface area contributed by atoms with Crippen LogP contribution in [0.4, 0.5) is 0 Å². The van der Waals surface area contributed by atoms with Crippen LogP contribution in [0.2, 0.25) is 0 Å². The Balaban J connectivity index is 1.55. The van der Waals surface area contributed by atoms with Gasteiger partial charge in [-0.2, -0.15) is 0 Å². The third-order valence-electron chi connectivity index (χ3n) is 6.15. The molecule has 4 nitrogen and oxygen atoms in total. The Labute approximate surface area is 183 Å². The number of methoxy groups -OCH3 is 1. The number of pyridine rings is 1. The van der Waals surface area contributed by atoms with Crippen molar-refractivity contribution in [3.63, 3.8) is 0 Å². The summed E-state index contributed by atoms with van der Waals surface area (Å²) in [5, 5.41) is 0. The zero-order valence-corrected chi connectivity index (χ0v) is 18.4. The molecule has 0 amide bonds. The molecule has 0 spiro atoms. The summed E-state index contributed by atoms with van der Waals surface area (Å²) in [5.41, 5.74) is 5.90. The van der Waals surface area contributed by atoms with Crippen molar-refractivity contribution in [2.75, 3.05) is 7.11 Å². The Hall–Kier alpha value is -3.27. The molecule has 1 aromatic heterocycles. The maximum Gasteiger partial charge on any atom is 0.180 e. The number of carbonyl (C=O) groups is 2. The number of aryl methyl sites for hydroxylation is 2. The van der Waals surface area contributed by atoms with Crippen LogP contribution in [0.25, 0.3) is 0 Å². The van der Waals surface area contributed by atoms with E-state index in [0.29, 0.717) is 18.5 Å². The lowest BCUT2D eigenvalue weighted by atomic mass is 9.79. The molecule has 4 rings (SSSR count). The fraction of sp³-hybridized carbons (Fsp3) is 0.296. The van der Waals surface area contributed by atoms with Crippen molar-refractivity contribution in [3.05, 3.63) is 94.3 Å². The molecule has 0 N–H and O–H groups in total. The minimum Gasteiger partial charge on any atom is -0.497 e. The first-order valence-electron chi connectivity index (χ1n) is 10.7. The second-order valence-corrected chi connectivity index (χ2v) is 8.42. The molecule has 158 valence electrons. The van der Waals surface area contributed by atoms with E-state index in [1.54, 1.807) is 14.0 Å². The van der Waals surface area contributed by atoms with Crippen LogP contribution in [-0.4, -0.2) is 18.7 Å². The molecule has 0 bridgehead atoms. The van der Waals surface area contributed by atoms with Crippen LogP contribution in [0.5, 0.6) is 5.75 Å². The van der Waals surface area contributed by atoms with Crippen molar-refractivity contribution in [3.8, 4) is 5.75 Å². The number of Topliss-reactive ketones (excluding diaryl/α,β-unsaturated/α-hetero) is 2. The Morgan fingerprint density at radius 2 is 1.90 bits per heavy atom. The molecule has 0 aliphatic heterocycles. The summed E-state index contributed by atoms with van der Waals surface area (Å²) >= 11 is 0. The summed E-state index contributed by atoms with van der Waals surface area (Å²) in [5.74, 6) is 0.869. The van der Waals surface area contributed by atoms with Gasteiger partial charge in [-0.1, -0.05) is 29.8 Å². The van der Waals surface area contributed by atoms with Crippen LogP contribution in [0.15, 0.2) is 60.9 Å². The highest BCUT2D eigenvalue weighted by atomic mass is 16.5. The van der Waals surface area contributed by atoms with Crippen LogP contribution in [0.3, 0.4) is 0 Å². The molecule has 1 atom stereocenters. The minimum absolute atomic E-state index is 0.0293. The average Bonchev–Trinajstić information content (AvgIpc) is 2.77. The molecular formula is C27H28NO3+. The zero-order valence-electron chi connectivity index (χ0n) is 18.4. The van der Waals surface area contributed by atoms with E-state index >= 15 is 0 Å². The highest BCUT2D eigenvalue weighted by Crippen LogP contribution is 2.31. The predicted octanol–water partition coefficient (Wildman–Crippen LogP) is 4.53. The Morgan fingerprint density at radius 1 is 1.13 bits per heavy atom. The second-order valence-electron chi connectivity index (χ2n) is 8.42. The number of hydrogen-bond donors (Lipinski definition) is 0. The van der Waals surface area contributed by atoms with Gasteiger partial charge in [0.15, 0.2) is 30.5 Å². The fourth-order valence-electron chi connectivity index (χ4n) is 4.35. The Kier molecular flexibility index (Phi) is 5.99. The van der Waals surface area contributed by atoms with E-state index in [9.17, 15) is 9.59 Å². The van der Waals surface area contributed by atoms with Gasteiger partial charge in [-0.3, -0.25) is 9.59 Å². The monoisotopic (exact) mass is 414 g/mol. The molecule has 0 fully saturated rings. The van der Waals surface area contributed by atoms with Gasteiger partial charge in [0, 0.05) is 23.1 Å². The maximum atomic E-state index is 13.1. The molecule has 0 radical (unpaired) electrons. The smallest absolute Gasteiger partial charge is 0.180 e. The highest BCUT2D eigenvalue weighted by Gasteiger charge is 2.29. The normalized spacial score (nSPS) is 15.5. The van der Waals surface area contributed by atoms with Crippen LogP contribution in [-0.2, 0) is 19.4 Å². The van der Waals surface area contributed by atoms with Gasteiger partial charge in [0.1, 0.15) is 5.75 Å². The van der Waals surface area contributed by atoms with Crippen molar-refractivity contribution >= 4 is 11.6 Å². The van der Waals surface area contributed by atoms with Crippen molar-refractivity contribution in [2.45, 2.75) is 39.7 Å². The number of rotatable bonds is 6. The van der Waals surface area contributed by atoms with Gasteiger partial charge in [0.25, 0.3) is 0 Å². The van der Waals surface area contributed by atoms with Gasteiger partial charge < -0.3 is 4.74 Å². The number of ether oxygens (including phenoxy) is 1. The average molecular weight is 415 g/mol. The number of nitrogens with zero attached hydrogens (tertiary/aromatic N) is 1. The van der Waals surface area contributed by atoms with Crippen LogP contribution in [0.1, 0.15) is 56.3 Å². The summed E-state index contributed by atoms with van der Waals surface area (Å²) in [6.07, 6.45) is 6.15. The highest BCUT2D eigenvalue weighted by molar-refractivity contribution is 6.01. The van der Waals surface area contributed by atoms with Crippen LogP contribution >= 0.6 is 0 Å². The molecule has 1 heterocycles. The van der Waals surface area contributed by atoms with E-state index in [1.807, 2.05) is 41.2 Å². The van der Waals surface area contributed by atoms with Gasteiger partial charge in [-0.05, 0) is 62.4 Å². The van der Waals surface area contributed by atoms with Crippen LogP contribution in [0, 0.1) is 12.8 Å². The largest absolute Gasteiger partial charge is 0.497 e. The number of ketones is 2. The van der Waals surface area contributed by atoms with Gasteiger partial charge >= 0.3 is 0 Å². The molecule has 31 heavy (non-hydrogen) atoms. The first-order valence-corrected chi connectivity index (χ1v) is 10.7. The van der Waals surface area contributed by atoms with E-state index in [1.165, 1.54) is 11.1 Å². The van der Waals surface area contributed by atoms with Crippen molar-refractivity contribution < 1.29 is 18.9 Å². The number of benzene rings is 2. The second kappa shape index (κ2) is 8.84. The molecule has 1 aliphatic rings. The van der Waals surface area contributed by atoms with E-state index in [2.05, 4.69) is 31.2 Å². The van der Waals surface area contributed by atoms with Crippen molar-refractivity contribution in [1.82, 2.24) is 0 Å². The van der Waals surface area contributed by atoms with E-state index < -0.39 is 0 Å². The molecule has 3 aromatic rings. The third kappa shape index (κ3) is 4.58. The first-order chi connectivity index (χ1) is 14.9. The first kappa shape index (κ1) is 21.0. The topological polar surface area (TPSA) is 47.2 Å². The van der Waals surface area contributed by atoms with Crippen LogP contribution < -0.4 is 9.30 Å². The summed E-state index contributed by atoms with van der Waals surface area (Å²) < 4.78 is 7.33. The molecule has 1 aliphatic carbocycles. The van der Waals surface area contributed by atoms with E-state index in [-0.39, 0.29) is 17.5 Å². The molecule has 2 aromatic carbocycles. The van der Waals surface area contributed by atoms with Crippen molar-refractivity contribution in [1.29, 1.82) is 0 Å². The molecule has 4 heteroatoms. The SMILES string of the molecule is COc1ccc2c(c1)CCC(Cc1cc[n+](Cc3ccc(C)cc3)cc1C(C)=O)C2=O. The van der Waals surface area contributed by atoms with Gasteiger partial charge in [0.05, 0.1) is 12.7 Å². The molecule has 0 saturated carbocycles. The minimum atomic E-state index is -0.105. The van der Waals surface area contributed by atoms with Gasteiger partial charge in [-0.15, -0.1) is 0 Å². The Bertz CT molecular complexity index is 1130. The van der Waals surface area contributed by atoms with Crippen molar-refractivity contribution in [2.24, 2.45) is 5.92 Å². The molecular weight excluding hydrogens is 386 g/mol. The summed E-state index contributed by atoms with van der Waals surface area (Å²) in [6, 6.07) is 16.1. The standard InChI is InChI=1S/C27H28NO3/c1-18-4-6-20(7-5-18)16-28-13-12-22(26(17-28)19(2)29)14-23-9-8-21-15-24(31-3)10-11-25(21)27(23)30/h4-7,10-13,15,17,23H,8-9,14,16H2,1-3H3/q+1. The quantitative estimate of drug-likeness (QED) is 0.440. The lowest BCUT2D eigenvalue weighted by molar-refractivity contribution is -0.688. The Morgan fingerprint density at radius 3 is 2.61 bits per heavy atom. The van der Waals surface area contributed by atoms with E-state index in [0.717, 1.165) is 35.3 Å². The van der Waals surface area contributed by atoms with Gasteiger partial charge in [0.2, 0.25) is 0 Å². The zero-order chi connectivity index (χ0) is 22.0. The third-order valence-corrected chi connectivity index (χ3v) is 6.15. The maximum absolute atomic E-state index is 13.1. The number of hydrogen-bond acceptors (Lipinski definition) is 3. The summed E-state index contributed by atoms with van der Waals surface area (Å²) in [6.45, 7) is 4.37. The summed E-state index contributed by atoms with van der Waals surface area (Å²) in [4.78, 5) is 25.5. The van der Waals surface area contributed by atoms with Gasteiger partial charge in [-0.25, -0.2) is 4.57 Å². The molecule has 0 saturated heterocycles. The summed E-state index contributed by atoms with van der Waals surface area (Å²) in [7, 11) is 1.64. The molecule has 1 unspecified atom stereocenters. The lowest BCUT2D eigenvalue weighted by Crippen LogP contribution is -2.35. The number of fused-ring (bicyclic) bond motifs is 1. The number of carbonyl (C=O) groups excluding carboxylic acids is 2.